The van der Waals surface area contributed by atoms with Crippen molar-refractivity contribution in [3.8, 4) is 0 Å². The second-order valence-electron chi connectivity index (χ2n) is 4.55. The van der Waals surface area contributed by atoms with Gasteiger partial charge >= 0.3 is 11.5 Å². The second-order valence-corrected chi connectivity index (χ2v) is 5.71. The number of hydrogen-bond acceptors (Lipinski definition) is 3. The topological polar surface area (TPSA) is 49.3 Å². The molecule has 1 rings (SSSR count). The fourth-order valence-electron chi connectivity index (χ4n) is 2.16. The van der Waals surface area contributed by atoms with E-state index in [1.807, 2.05) is 0 Å². The molecule has 0 radical (unpaired) electrons. The van der Waals surface area contributed by atoms with E-state index < -0.39 is 11.5 Å². The highest BCUT2D eigenvalue weighted by Gasteiger charge is 2.28. The summed E-state index contributed by atoms with van der Waals surface area (Å²) in [5.74, 6) is -0.546. The molecule has 1 aliphatic rings. The molecule has 0 aromatic heterocycles. The van der Waals surface area contributed by atoms with Gasteiger partial charge in [-0.05, 0) is 49.9 Å². The average molecular weight is 285 g/mol. The Morgan fingerprint density at radius 1 is 1.28 bits per heavy atom. The first-order valence-corrected chi connectivity index (χ1v) is 7.01. The lowest BCUT2D eigenvalue weighted by Crippen LogP contribution is -2.30. The first-order valence-electron chi connectivity index (χ1n) is 6.02. The van der Waals surface area contributed by atoms with Crippen molar-refractivity contribution in [3.63, 3.8) is 0 Å². The van der Waals surface area contributed by atoms with Crippen LogP contribution in [0.4, 0.5) is 13.2 Å². The number of carbonyl (C=O) groups is 1. The number of carboxylic acid groups (broad SMARTS) is 1. The van der Waals surface area contributed by atoms with Crippen LogP contribution < -0.4 is 5.32 Å². The van der Waals surface area contributed by atoms with Gasteiger partial charge in [0, 0.05) is 12.3 Å². The fraction of sp³-hybridized carbons (Fsp3) is 0.909. The zero-order valence-corrected chi connectivity index (χ0v) is 10.8. The Labute approximate surface area is 109 Å². The molecule has 1 aliphatic carbocycles. The van der Waals surface area contributed by atoms with Gasteiger partial charge in [0.2, 0.25) is 0 Å². The van der Waals surface area contributed by atoms with E-state index in [4.69, 9.17) is 5.11 Å². The molecule has 1 fully saturated rings. The van der Waals surface area contributed by atoms with E-state index in [-0.39, 0.29) is 23.4 Å². The third-order valence-corrected chi connectivity index (χ3v) is 3.91. The number of alkyl halides is 3. The predicted molar refractivity (Wildman–Crippen MR) is 64.5 cm³/mol. The third-order valence-electron chi connectivity index (χ3n) is 3.17. The minimum Gasteiger partial charge on any atom is -0.481 e. The Balaban J connectivity index is 2.03. The summed E-state index contributed by atoms with van der Waals surface area (Å²) >= 11 is -0.0157. The van der Waals surface area contributed by atoms with Crippen LogP contribution in [0.2, 0.25) is 0 Å². The molecule has 106 valence electrons. The van der Waals surface area contributed by atoms with Gasteiger partial charge in [0.25, 0.3) is 0 Å². The lowest BCUT2D eigenvalue weighted by atomic mass is 9.82. The largest absolute Gasteiger partial charge is 0.481 e. The van der Waals surface area contributed by atoms with E-state index in [1.54, 1.807) is 0 Å². The minimum absolute atomic E-state index is 0.0157. The van der Waals surface area contributed by atoms with Gasteiger partial charge in [0.05, 0.1) is 5.92 Å². The van der Waals surface area contributed by atoms with Crippen LogP contribution in [0.5, 0.6) is 0 Å². The molecule has 0 spiro atoms. The first kappa shape index (κ1) is 15.6. The van der Waals surface area contributed by atoms with Crippen LogP contribution in [-0.2, 0) is 4.79 Å². The maximum Gasteiger partial charge on any atom is 0.441 e. The smallest absolute Gasteiger partial charge is 0.441 e. The summed E-state index contributed by atoms with van der Waals surface area (Å²) in [6, 6.07) is 0. The third kappa shape index (κ3) is 6.49. The van der Waals surface area contributed by atoms with Gasteiger partial charge in [-0.3, -0.25) is 4.79 Å². The Kier molecular flexibility index (Phi) is 6.28. The van der Waals surface area contributed by atoms with Gasteiger partial charge in [-0.2, -0.15) is 13.2 Å². The van der Waals surface area contributed by atoms with Gasteiger partial charge in [0.1, 0.15) is 0 Å². The lowest BCUT2D eigenvalue weighted by molar-refractivity contribution is -0.143. The van der Waals surface area contributed by atoms with Gasteiger partial charge in [-0.1, -0.05) is 0 Å². The van der Waals surface area contributed by atoms with Crippen molar-refractivity contribution in [3.05, 3.63) is 0 Å². The number of aliphatic carboxylic acids is 1. The van der Waals surface area contributed by atoms with Crippen molar-refractivity contribution in [2.75, 3.05) is 18.8 Å². The van der Waals surface area contributed by atoms with Crippen LogP contribution in [0.1, 0.15) is 25.7 Å². The molecular formula is C11H18F3NO2S. The molecule has 0 unspecified atom stereocenters. The van der Waals surface area contributed by atoms with Crippen molar-refractivity contribution < 1.29 is 23.1 Å². The molecule has 0 heterocycles. The minimum atomic E-state index is -4.15. The SMILES string of the molecule is O=C(O)C1CCC(CNCCSC(F)(F)F)CC1. The van der Waals surface area contributed by atoms with E-state index in [0.29, 0.717) is 31.8 Å². The maximum absolute atomic E-state index is 11.8. The highest BCUT2D eigenvalue weighted by atomic mass is 32.2. The summed E-state index contributed by atoms with van der Waals surface area (Å²) in [7, 11) is 0. The summed E-state index contributed by atoms with van der Waals surface area (Å²) in [4.78, 5) is 10.7. The zero-order chi connectivity index (χ0) is 13.6. The second kappa shape index (κ2) is 7.23. The summed E-state index contributed by atoms with van der Waals surface area (Å²) in [6.45, 7) is 1.02. The lowest BCUT2D eigenvalue weighted by Gasteiger charge is -2.26. The van der Waals surface area contributed by atoms with Crippen LogP contribution in [-0.4, -0.2) is 35.4 Å². The van der Waals surface area contributed by atoms with Crippen molar-refractivity contribution in [1.29, 1.82) is 0 Å². The van der Waals surface area contributed by atoms with E-state index in [1.165, 1.54) is 0 Å². The molecular weight excluding hydrogens is 267 g/mol. The van der Waals surface area contributed by atoms with Gasteiger partial charge in [-0.25, -0.2) is 0 Å². The van der Waals surface area contributed by atoms with E-state index >= 15 is 0 Å². The van der Waals surface area contributed by atoms with Crippen molar-refractivity contribution in [1.82, 2.24) is 5.32 Å². The van der Waals surface area contributed by atoms with Gasteiger partial charge in [0.15, 0.2) is 0 Å². The Morgan fingerprint density at radius 3 is 2.39 bits per heavy atom. The number of hydrogen-bond donors (Lipinski definition) is 2. The molecule has 0 aliphatic heterocycles. The van der Waals surface area contributed by atoms with E-state index in [2.05, 4.69) is 5.32 Å². The number of thioether (sulfide) groups is 1. The molecule has 7 heteroatoms. The van der Waals surface area contributed by atoms with E-state index in [0.717, 1.165) is 12.8 Å². The van der Waals surface area contributed by atoms with E-state index in [9.17, 15) is 18.0 Å². The van der Waals surface area contributed by atoms with Crippen LogP contribution in [0, 0.1) is 11.8 Å². The molecule has 18 heavy (non-hydrogen) atoms. The Bertz CT molecular complexity index is 266. The van der Waals surface area contributed by atoms with Crippen LogP contribution in [0.3, 0.4) is 0 Å². The highest BCUT2D eigenvalue weighted by molar-refractivity contribution is 8.00. The number of carboxylic acids is 1. The van der Waals surface area contributed by atoms with Crippen molar-refractivity contribution in [2.45, 2.75) is 31.2 Å². The molecule has 0 atom stereocenters. The Morgan fingerprint density at radius 2 is 1.89 bits per heavy atom. The fourth-order valence-corrected chi connectivity index (χ4v) is 2.64. The number of nitrogens with one attached hydrogen (secondary N) is 1. The quantitative estimate of drug-likeness (QED) is 0.737. The summed E-state index contributed by atoms with van der Waals surface area (Å²) in [6.07, 6.45) is 3.05. The standard InChI is InChI=1S/C11H18F3NO2S/c12-11(13,14)18-6-5-15-7-8-1-3-9(4-2-8)10(16)17/h8-9,15H,1-7H2,(H,16,17). The first-order chi connectivity index (χ1) is 8.38. The molecule has 0 bridgehead atoms. The van der Waals surface area contributed by atoms with Crippen LogP contribution >= 0.6 is 11.8 Å². The van der Waals surface area contributed by atoms with Crippen LogP contribution in [0.25, 0.3) is 0 Å². The number of halogens is 3. The molecule has 1 saturated carbocycles. The summed E-state index contributed by atoms with van der Waals surface area (Å²) < 4.78 is 35.5. The predicted octanol–water partition coefficient (Wildman–Crippen LogP) is 2.72. The number of rotatable bonds is 6. The van der Waals surface area contributed by atoms with Crippen LogP contribution in [0.15, 0.2) is 0 Å². The Hall–Kier alpha value is -0.430. The molecule has 3 nitrogen and oxygen atoms in total. The maximum atomic E-state index is 11.8. The molecule has 0 amide bonds. The summed E-state index contributed by atoms with van der Waals surface area (Å²) in [5, 5.41) is 11.8. The molecule has 2 N–H and O–H groups in total. The molecule has 0 aromatic rings. The molecule has 0 saturated heterocycles. The molecule has 0 aromatic carbocycles. The highest BCUT2D eigenvalue weighted by Crippen LogP contribution is 2.30. The normalized spacial score (nSPS) is 25.1. The summed E-state index contributed by atoms with van der Waals surface area (Å²) in [5.41, 5.74) is -4.15. The van der Waals surface area contributed by atoms with Gasteiger partial charge in [-0.15, -0.1) is 0 Å². The van der Waals surface area contributed by atoms with Crippen molar-refractivity contribution in [2.24, 2.45) is 11.8 Å². The average Bonchev–Trinajstić information content (AvgIpc) is 2.27. The monoisotopic (exact) mass is 285 g/mol. The van der Waals surface area contributed by atoms with Gasteiger partial charge < -0.3 is 10.4 Å². The van der Waals surface area contributed by atoms with Crippen molar-refractivity contribution >= 4 is 17.7 Å². The zero-order valence-electron chi connectivity index (χ0n) is 10.0.